The van der Waals surface area contributed by atoms with Gasteiger partial charge in [-0.05, 0) is 37.5 Å². The Morgan fingerprint density at radius 1 is 1.24 bits per heavy atom. The monoisotopic (exact) mass is 396 g/mol. The summed E-state index contributed by atoms with van der Waals surface area (Å²) >= 11 is 0. The second-order valence-corrected chi connectivity index (χ2v) is 6.77. The third-order valence-corrected chi connectivity index (χ3v) is 4.59. The van der Waals surface area contributed by atoms with Gasteiger partial charge in [-0.3, -0.25) is 9.36 Å². The molecule has 0 bridgehead atoms. The summed E-state index contributed by atoms with van der Waals surface area (Å²) in [6.07, 6.45) is 8.78. The number of anilines is 1. The molecule has 29 heavy (non-hydrogen) atoms. The Hall–Kier alpha value is -3.54. The quantitative estimate of drug-likeness (QED) is 0.472. The van der Waals surface area contributed by atoms with E-state index in [0.717, 1.165) is 31.6 Å². The number of terminal acetylenes is 1. The molecular weight excluding hydrogens is 372 g/mol. The first-order chi connectivity index (χ1) is 14.1. The number of benzene rings is 1. The lowest BCUT2D eigenvalue weighted by Gasteiger charge is -2.09. The molecular formula is C20H24N6O3. The van der Waals surface area contributed by atoms with E-state index in [9.17, 15) is 14.4 Å². The molecule has 1 aliphatic heterocycles. The van der Waals surface area contributed by atoms with Crippen molar-refractivity contribution in [2.24, 2.45) is 0 Å². The summed E-state index contributed by atoms with van der Waals surface area (Å²) in [6, 6.07) is 6.44. The van der Waals surface area contributed by atoms with Crippen LogP contribution in [0.1, 0.15) is 30.7 Å². The van der Waals surface area contributed by atoms with Gasteiger partial charge in [0.15, 0.2) is 0 Å². The average Bonchev–Trinajstić information content (AvgIpc) is 3.05. The molecule has 1 aromatic carbocycles. The Balaban J connectivity index is 1.35. The van der Waals surface area contributed by atoms with Crippen LogP contribution in [0.4, 0.5) is 10.5 Å². The van der Waals surface area contributed by atoms with Crippen LogP contribution in [0.2, 0.25) is 0 Å². The summed E-state index contributed by atoms with van der Waals surface area (Å²) in [5.74, 6) is 2.97. The number of aryl methyl sites for hydroxylation is 2. The van der Waals surface area contributed by atoms with Crippen molar-refractivity contribution in [1.82, 2.24) is 25.0 Å². The highest BCUT2D eigenvalue weighted by Gasteiger charge is 2.16. The molecule has 0 unspecified atom stereocenters. The van der Waals surface area contributed by atoms with Crippen LogP contribution in [0.5, 0.6) is 0 Å². The van der Waals surface area contributed by atoms with Gasteiger partial charge in [-0.25, -0.2) is 14.3 Å². The van der Waals surface area contributed by atoms with E-state index in [2.05, 4.69) is 27.0 Å². The smallest absolute Gasteiger partial charge is 0.338 e. The van der Waals surface area contributed by atoms with Gasteiger partial charge in [0.25, 0.3) is 0 Å². The molecule has 9 nitrogen and oxygen atoms in total. The Morgan fingerprint density at radius 3 is 2.90 bits per heavy atom. The number of carbonyl (C=O) groups is 2. The van der Waals surface area contributed by atoms with Crippen molar-refractivity contribution in [1.29, 1.82) is 0 Å². The van der Waals surface area contributed by atoms with Crippen LogP contribution in [0, 0.1) is 12.3 Å². The topological polar surface area (TPSA) is 110 Å². The van der Waals surface area contributed by atoms with E-state index >= 15 is 0 Å². The standard InChI is InChI=1S/C20H24N6O3/c1-2-15-7-5-8-16(13-15)23-18(27)14-22-19(28)21-10-6-12-26-20(29)25-11-4-3-9-17(25)24-26/h1,5,7-8,13H,3-4,6,9-12,14H2,(H,23,27)(H2,21,22,28). The molecule has 3 N–H and O–H groups in total. The van der Waals surface area contributed by atoms with E-state index in [4.69, 9.17) is 6.42 Å². The van der Waals surface area contributed by atoms with E-state index in [0.29, 0.717) is 30.8 Å². The molecule has 0 fully saturated rings. The highest BCUT2D eigenvalue weighted by Crippen LogP contribution is 2.10. The summed E-state index contributed by atoms with van der Waals surface area (Å²) in [5.41, 5.74) is 1.14. The molecule has 0 atom stereocenters. The number of urea groups is 1. The van der Waals surface area contributed by atoms with Crippen molar-refractivity contribution in [2.45, 2.75) is 38.8 Å². The Kier molecular flexibility index (Phi) is 6.68. The first kappa shape index (κ1) is 20.2. The third kappa shape index (κ3) is 5.48. The molecule has 2 heterocycles. The maximum atomic E-state index is 12.2. The molecule has 1 aliphatic rings. The molecule has 152 valence electrons. The lowest BCUT2D eigenvalue weighted by atomic mass is 10.2. The highest BCUT2D eigenvalue weighted by molar-refractivity contribution is 5.94. The normalized spacial score (nSPS) is 12.5. The van der Waals surface area contributed by atoms with Gasteiger partial charge < -0.3 is 16.0 Å². The lowest BCUT2D eigenvalue weighted by molar-refractivity contribution is -0.115. The van der Waals surface area contributed by atoms with Crippen LogP contribution in [0.3, 0.4) is 0 Å². The molecule has 3 rings (SSSR count). The number of nitrogens with one attached hydrogen (secondary N) is 3. The predicted molar refractivity (Wildman–Crippen MR) is 108 cm³/mol. The van der Waals surface area contributed by atoms with E-state index in [1.165, 1.54) is 4.68 Å². The third-order valence-electron chi connectivity index (χ3n) is 4.59. The van der Waals surface area contributed by atoms with E-state index in [1.54, 1.807) is 28.8 Å². The van der Waals surface area contributed by atoms with Gasteiger partial charge in [-0.1, -0.05) is 12.0 Å². The first-order valence-corrected chi connectivity index (χ1v) is 9.61. The minimum absolute atomic E-state index is 0.0882. The number of nitrogens with zero attached hydrogens (tertiary/aromatic N) is 3. The lowest BCUT2D eigenvalue weighted by Crippen LogP contribution is -2.40. The van der Waals surface area contributed by atoms with Gasteiger partial charge >= 0.3 is 11.7 Å². The average molecular weight is 396 g/mol. The van der Waals surface area contributed by atoms with Gasteiger partial charge in [0.05, 0.1) is 6.54 Å². The summed E-state index contributed by atoms with van der Waals surface area (Å²) < 4.78 is 3.18. The zero-order valence-corrected chi connectivity index (χ0v) is 16.1. The number of aromatic nitrogens is 3. The van der Waals surface area contributed by atoms with Crippen molar-refractivity contribution in [3.8, 4) is 12.3 Å². The van der Waals surface area contributed by atoms with E-state index in [-0.39, 0.29) is 18.1 Å². The van der Waals surface area contributed by atoms with E-state index < -0.39 is 6.03 Å². The zero-order valence-electron chi connectivity index (χ0n) is 16.1. The Bertz CT molecular complexity index is 985. The predicted octanol–water partition coefficient (Wildman–Crippen LogP) is 0.690. The van der Waals surface area contributed by atoms with Gasteiger partial charge in [0.1, 0.15) is 5.82 Å². The number of fused-ring (bicyclic) bond motifs is 1. The van der Waals surface area contributed by atoms with Gasteiger partial charge in [0, 0.05) is 37.3 Å². The van der Waals surface area contributed by atoms with Crippen LogP contribution >= 0.6 is 0 Å². The molecule has 2 aromatic rings. The second-order valence-electron chi connectivity index (χ2n) is 6.77. The molecule has 0 saturated heterocycles. The maximum Gasteiger partial charge on any atom is 0.345 e. The molecule has 0 radical (unpaired) electrons. The van der Waals surface area contributed by atoms with Crippen molar-refractivity contribution in [3.05, 3.63) is 46.1 Å². The fraction of sp³-hybridized carbons (Fsp3) is 0.400. The van der Waals surface area contributed by atoms with Gasteiger partial charge in [-0.15, -0.1) is 6.42 Å². The van der Waals surface area contributed by atoms with Gasteiger partial charge in [-0.2, -0.15) is 5.10 Å². The SMILES string of the molecule is C#Cc1cccc(NC(=O)CNC(=O)NCCCn2nc3n(c2=O)CCCC3)c1. The molecule has 1 aromatic heterocycles. The number of carbonyl (C=O) groups excluding carboxylic acids is 2. The van der Waals surface area contributed by atoms with Crippen LogP contribution in [0.25, 0.3) is 0 Å². The molecule has 0 saturated carbocycles. The van der Waals surface area contributed by atoms with Crippen LogP contribution < -0.4 is 21.6 Å². The van der Waals surface area contributed by atoms with Crippen molar-refractivity contribution < 1.29 is 9.59 Å². The van der Waals surface area contributed by atoms with Crippen LogP contribution in [-0.4, -0.2) is 39.4 Å². The second kappa shape index (κ2) is 9.59. The number of amides is 3. The fourth-order valence-corrected chi connectivity index (χ4v) is 3.14. The van der Waals surface area contributed by atoms with Crippen LogP contribution in [0.15, 0.2) is 29.1 Å². The van der Waals surface area contributed by atoms with Crippen molar-refractivity contribution >= 4 is 17.6 Å². The highest BCUT2D eigenvalue weighted by atomic mass is 16.2. The van der Waals surface area contributed by atoms with E-state index in [1.807, 2.05) is 0 Å². The molecule has 9 heteroatoms. The molecule has 3 amide bonds. The largest absolute Gasteiger partial charge is 0.345 e. The number of rotatable bonds is 7. The first-order valence-electron chi connectivity index (χ1n) is 9.61. The zero-order chi connectivity index (χ0) is 20.6. The number of hydrogen-bond acceptors (Lipinski definition) is 4. The summed E-state index contributed by atoms with van der Waals surface area (Å²) in [7, 11) is 0. The summed E-state index contributed by atoms with van der Waals surface area (Å²) in [5, 5.41) is 12.2. The van der Waals surface area contributed by atoms with Crippen LogP contribution in [-0.2, 0) is 24.3 Å². The Morgan fingerprint density at radius 2 is 2.10 bits per heavy atom. The maximum absolute atomic E-state index is 12.2. The Labute approximate surface area is 168 Å². The summed E-state index contributed by atoms with van der Waals surface area (Å²) in [6.45, 7) is 1.36. The fourth-order valence-electron chi connectivity index (χ4n) is 3.14. The minimum atomic E-state index is -0.450. The molecule has 0 aliphatic carbocycles. The minimum Gasteiger partial charge on any atom is -0.338 e. The molecule has 0 spiro atoms. The van der Waals surface area contributed by atoms with Crippen molar-refractivity contribution in [2.75, 3.05) is 18.4 Å². The van der Waals surface area contributed by atoms with Gasteiger partial charge in [0.2, 0.25) is 5.91 Å². The number of hydrogen-bond donors (Lipinski definition) is 3. The summed E-state index contributed by atoms with van der Waals surface area (Å²) in [4.78, 5) is 35.9. The van der Waals surface area contributed by atoms with Crippen molar-refractivity contribution in [3.63, 3.8) is 0 Å².